The molecule has 2 aromatic rings. The van der Waals surface area contributed by atoms with Crippen LogP contribution in [0.15, 0.2) is 24.3 Å². The summed E-state index contributed by atoms with van der Waals surface area (Å²) in [6.45, 7) is 2.82. The van der Waals surface area contributed by atoms with Gasteiger partial charge in [0.25, 0.3) is 11.8 Å². The fraction of sp³-hybridized carbons (Fsp3) is 0.381. The second-order valence-electron chi connectivity index (χ2n) is 8.09. The van der Waals surface area contributed by atoms with Crippen molar-refractivity contribution in [3.05, 3.63) is 29.8 Å². The maximum atomic E-state index is 12.4. The first kappa shape index (κ1) is 21.5. The average molecular weight is 447 g/mol. The van der Waals surface area contributed by atoms with Gasteiger partial charge in [0, 0.05) is 24.1 Å². The highest BCUT2D eigenvalue weighted by molar-refractivity contribution is 6.03. The van der Waals surface area contributed by atoms with E-state index >= 15 is 0 Å². The summed E-state index contributed by atoms with van der Waals surface area (Å²) in [5, 5.41) is 4.46. The summed E-state index contributed by atoms with van der Waals surface area (Å²) in [5.74, 6) is 3.84. The average Bonchev–Trinajstić information content (AvgIpc) is 2.96. The second kappa shape index (κ2) is 7.47. The lowest BCUT2D eigenvalue weighted by Gasteiger charge is -2.58. The van der Waals surface area contributed by atoms with Crippen LogP contribution < -0.4 is 16.2 Å². The van der Waals surface area contributed by atoms with E-state index in [2.05, 4.69) is 21.7 Å². The van der Waals surface area contributed by atoms with Crippen molar-refractivity contribution in [3.8, 4) is 28.8 Å². The zero-order chi connectivity index (χ0) is 23.3. The van der Waals surface area contributed by atoms with Gasteiger partial charge in [-0.05, 0) is 50.0 Å². The number of nitrogens with zero attached hydrogens (tertiary/aromatic N) is 3. The number of hydrogen-bond donors (Lipinski definition) is 2. The van der Waals surface area contributed by atoms with Crippen molar-refractivity contribution in [1.29, 1.82) is 0 Å². The number of halogens is 3. The lowest BCUT2D eigenvalue weighted by Crippen LogP contribution is -2.63. The first-order valence-electron chi connectivity index (χ1n) is 9.77. The normalized spacial score (nSPS) is 17.2. The van der Waals surface area contributed by atoms with Crippen molar-refractivity contribution in [2.24, 2.45) is 11.1 Å². The second-order valence-corrected chi connectivity index (χ2v) is 8.09. The quantitative estimate of drug-likeness (QED) is 0.698. The molecule has 2 heterocycles. The smallest absolute Gasteiger partial charge is 0.406 e. The van der Waals surface area contributed by atoms with Gasteiger partial charge in [0.2, 0.25) is 0 Å². The minimum Gasteiger partial charge on any atom is -0.406 e. The number of rotatable bonds is 4. The van der Waals surface area contributed by atoms with E-state index in [1.807, 2.05) is 0 Å². The largest absolute Gasteiger partial charge is 0.573 e. The molecule has 1 saturated heterocycles. The van der Waals surface area contributed by atoms with Crippen LogP contribution in [0.3, 0.4) is 0 Å². The fourth-order valence-corrected chi connectivity index (χ4v) is 4.45. The standard InChI is InChI=1S/C21H20F3N5O3/c1-2-3-15(30)28-10-20(11-28)8-13(9-20)29-18(25)16(19(26)31)17(27-29)12-4-6-14(7-5-12)32-21(22,23)24/h4-7,13H,8-11,25H2,1H3,(H2,26,31). The summed E-state index contributed by atoms with van der Waals surface area (Å²) in [6.07, 6.45) is -3.37. The highest BCUT2D eigenvalue weighted by atomic mass is 19.4. The number of ether oxygens (including phenoxy) is 1. The fourth-order valence-electron chi connectivity index (χ4n) is 4.45. The Balaban J connectivity index is 1.53. The Morgan fingerprint density at radius 2 is 1.84 bits per heavy atom. The zero-order valence-electron chi connectivity index (χ0n) is 17.1. The SMILES string of the molecule is CC#CC(=O)N1CC2(CC(n3nc(-c4ccc(OC(F)(F)F)cc4)c(C(N)=O)c3N)C2)C1. The predicted molar refractivity (Wildman–Crippen MR) is 108 cm³/mol. The number of nitrogens with two attached hydrogens (primary N) is 2. The molecule has 1 aliphatic carbocycles. The molecule has 0 atom stereocenters. The molecular weight excluding hydrogens is 427 g/mol. The van der Waals surface area contributed by atoms with Crippen LogP contribution in [-0.4, -0.2) is 45.9 Å². The molecule has 2 amide bonds. The van der Waals surface area contributed by atoms with Gasteiger partial charge in [-0.25, -0.2) is 4.68 Å². The number of carbonyl (C=O) groups excluding carboxylic acids is 2. The van der Waals surface area contributed by atoms with Crippen LogP contribution in [0.5, 0.6) is 5.75 Å². The zero-order valence-corrected chi connectivity index (χ0v) is 17.1. The highest BCUT2D eigenvalue weighted by Crippen LogP contribution is 2.54. The van der Waals surface area contributed by atoms with E-state index in [-0.39, 0.29) is 34.4 Å². The lowest BCUT2D eigenvalue weighted by molar-refractivity contribution is -0.274. The van der Waals surface area contributed by atoms with E-state index in [4.69, 9.17) is 11.5 Å². The molecule has 0 bridgehead atoms. The molecule has 8 nitrogen and oxygen atoms in total. The van der Waals surface area contributed by atoms with Crippen molar-refractivity contribution >= 4 is 17.6 Å². The Morgan fingerprint density at radius 1 is 1.22 bits per heavy atom. The third kappa shape index (κ3) is 3.84. The van der Waals surface area contributed by atoms with Gasteiger partial charge in [-0.3, -0.25) is 9.59 Å². The monoisotopic (exact) mass is 447 g/mol. The summed E-state index contributed by atoms with van der Waals surface area (Å²) in [5.41, 5.74) is 12.2. The molecule has 1 spiro atoms. The topological polar surface area (TPSA) is 116 Å². The maximum Gasteiger partial charge on any atom is 0.573 e. The Kier molecular flexibility index (Phi) is 5.03. The molecule has 4 rings (SSSR count). The van der Waals surface area contributed by atoms with Gasteiger partial charge in [-0.1, -0.05) is 5.92 Å². The minimum atomic E-state index is -4.81. The van der Waals surface area contributed by atoms with Crippen LogP contribution in [0.1, 0.15) is 36.2 Å². The summed E-state index contributed by atoms with van der Waals surface area (Å²) in [7, 11) is 0. The molecule has 4 N–H and O–H groups in total. The predicted octanol–water partition coefficient (Wildman–Crippen LogP) is 2.32. The maximum absolute atomic E-state index is 12.4. The summed E-state index contributed by atoms with van der Waals surface area (Å²) in [6, 6.07) is 4.88. The Labute approximate surface area is 181 Å². The number of benzene rings is 1. The van der Waals surface area contributed by atoms with Crippen molar-refractivity contribution in [3.63, 3.8) is 0 Å². The number of hydrogen-bond acceptors (Lipinski definition) is 5. The highest BCUT2D eigenvalue weighted by Gasteiger charge is 2.54. The number of amides is 2. The van der Waals surface area contributed by atoms with Crippen molar-refractivity contribution < 1.29 is 27.5 Å². The van der Waals surface area contributed by atoms with E-state index in [9.17, 15) is 22.8 Å². The first-order chi connectivity index (χ1) is 15.0. The van der Waals surface area contributed by atoms with Crippen molar-refractivity contribution in [2.45, 2.75) is 32.2 Å². The molecule has 11 heteroatoms. The van der Waals surface area contributed by atoms with E-state index in [1.54, 1.807) is 11.8 Å². The van der Waals surface area contributed by atoms with Gasteiger partial charge in [-0.2, -0.15) is 5.10 Å². The van der Waals surface area contributed by atoms with Gasteiger partial charge >= 0.3 is 6.36 Å². The number of primary amides is 1. The summed E-state index contributed by atoms with van der Waals surface area (Å²) >= 11 is 0. The molecule has 1 aliphatic heterocycles. The number of nitrogen functional groups attached to an aromatic ring is 1. The number of carbonyl (C=O) groups is 2. The molecule has 2 aliphatic rings. The molecule has 32 heavy (non-hydrogen) atoms. The molecule has 2 fully saturated rings. The van der Waals surface area contributed by atoms with Crippen molar-refractivity contribution in [1.82, 2.24) is 14.7 Å². The number of likely N-dealkylation sites (tertiary alicyclic amines) is 1. The van der Waals surface area contributed by atoms with Crippen LogP contribution in [0.25, 0.3) is 11.3 Å². The molecule has 168 valence electrons. The van der Waals surface area contributed by atoms with E-state index in [0.29, 0.717) is 18.7 Å². The molecular formula is C21H20F3N5O3. The third-order valence-corrected chi connectivity index (χ3v) is 5.81. The summed E-state index contributed by atoms with van der Waals surface area (Å²) in [4.78, 5) is 25.6. The molecule has 0 radical (unpaired) electrons. The Morgan fingerprint density at radius 3 is 2.38 bits per heavy atom. The lowest BCUT2D eigenvalue weighted by atomic mass is 9.60. The number of anilines is 1. The molecule has 0 unspecified atom stereocenters. The Hall–Kier alpha value is -3.68. The van der Waals surface area contributed by atoms with Gasteiger partial charge < -0.3 is 21.1 Å². The number of alkyl halides is 3. The molecule has 1 aromatic carbocycles. The Bertz CT molecular complexity index is 1130. The van der Waals surface area contributed by atoms with Crippen LogP contribution in [0.2, 0.25) is 0 Å². The van der Waals surface area contributed by atoms with Crippen LogP contribution in [0, 0.1) is 17.3 Å². The molecule has 1 aromatic heterocycles. The number of aromatic nitrogens is 2. The van der Waals surface area contributed by atoms with Gasteiger partial charge in [0.15, 0.2) is 0 Å². The van der Waals surface area contributed by atoms with Gasteiger partial charge in [0.1, 0.15) is 22.8 Å². The van der Waals surface area contributed by atoms with E-state index in [0.717, 1.165) is 25.0 Å². The van der Waals surface area contributed by atoms with Gasteiger partial charge in [0.05, 0.1) is 6.04 Å². The van der Waals surface area contributed by atoms with Crippen LogP contribution >= 0.6 is 0 Å². The van der Waals surface area contributed by atoms with Crippen molar-refractivity contribution in [2.75, 3.05) is 18.8 Å². The first-order valence-corrected chi connectivity index (χ1v) is 9.77. The minimum absolute atomic E-state index is 0.0130. The van der Waals surface area contributed by atoms with E-state index in [1.165, 1.54) is 16.8 Å². The van der Waals surface area contributed by atoms with E-state index < -0.39 is 18.0 Å². The van der Waals surface area contributed by atoms with Crippen LogP contribution in [0.4, 0.5) is 19.0 Å². The van der Waals surface area contributed by atoms with Gasteiger partial charge in [-0.15, -0.1) is 13.2 Å². The summed E-state index contributed by atoms with van der Waals surface area (Å²) < 4.78 is 42.6. The third-order valence-electron chi connectivity index (χ3n) is 5.81. The van der Waals surface area contributed by atoms with Crippen LogP contribution in [-0.2, 0) is 4.79 Å². The molecule has 1 saturated carbocycles.